The molecule has 2 heterocycles. The Bertz CT molecular complexity index is 904. The van der Waals surface area contributed by atoms with Gasteiger partial charge in [-0.3, -0.25) is 9.88 Å². The van der Waals surface area contributed by atoms with Gasteiger partial charge in [-0.05, 0) is 62.4 Å². The maximum atomic E-state index is 10.9. The second-order valence-corrected chi connectivity index (χ2v) is 7.57. The monoisotopic (exact) mass is 377 g/mol. The van der Waals surface area contributed by atoms with Gasteiger partial charge in [-0.25, -0.2) is 4.98 Å². The van der Waals surface area contributed by atoms with Crippen LogP contribution < -0.4 is 5.73 Å². The number of aromatic nitrogens is 3. The topological polar surface area (TPSA) is 87.9 Å². The second-order valence-electron chi connectivity index (χ2n) is 7.57. The Balaban J connectivity index is 1.57. The Morgan fingerprint density at radius 2 is 2.18 bits per heavy atom. The second kappa shape index (κ2) is 8.63. The molecule has 0 unspecified atom stereocenters. The molecule has 6 nitrogen and oxygen atoms in total. The smallest absolute Gasteiger partial charge is 0.136 e. The van der Waals surface area contributed by atoms with Crippen LogP contribution >= 0.6 is 0 Å². The zero-order chi connectivity index (χ0) is 19.3. The molecule has 2 atom stereocenters. The standard InChI is InChI=1S/C22H27N5O/c23-17(15-28)8-5-13-27(14-21-25-18-9-1-2-10-19(18)26-21)20-11-3-6-16-7-4-12-24-22(16)20/h1-2,4,7,9-10,12,15,17,20H,3,5-6,8,11,13-14,23H2,(H,25,26)/t17-,20+/m0/s1. The van der Waals surface area contributed by atoms with Gasteiger partial charge in [0.15, 0.2) is 0 Å². The summed E-state index contributed by atoms with van der Waals surface area (Å²) in [5.74, 6) is 0.962. The highest BCUT2D eigenvalue weighted by Crippen LogP contribution is 2.33. The third-order valence-corrected chi connectivity index (χ3v) is 5.56. The first-order chi connectivity index (χ1) is 13.7. The summed E-state index contributed by atoms with van der Waals surface area (Å²) in [4.78, 5) is 26.2. The largest absolute Gasteiger partial charge is 0.341 e. The van der Waals surface area contributed by atoms with Crippen molar-refractivity contribution < 1.29 is 4.79 Å². The number of benzene rings is 1. The number of nitrogens with zero attached hydrogens (tertiary/aromatic N) is 3. The molecule has 0 aliphatic heterocycles. The number of aryl methyl sites for hydroxylation is 1. The van der Waals surface area contributed by atoms with Gasteiger partial charge in [0, 0.05) is 6.20 Å². The van der Waals surface area contributed by atoms with Crippen molar-refractivity contribution in [2.45, 2.75) is 50.7 Å². The molecule has 0 radical (unpaired) electrons. The summed E-state index contributed by atoms with van der Waals surface area (Å²) in [7, 11) is 0. The molecular formula is C22H27N5O. The van der Waals surface area contributed by atoms with E-state index in [0.717, 1.165) is 61.9 Å². The van der Waals surface area contributed by atoms with E-state index in [9.17, 15) is 4.79 Å². The van der Waals surface area contributed by atoms with E-state index >= 15 is 0 Å². The number of rotatable bonds is 8. The van der Waals surface area contributed by atoms with Crippen molar-refractivity contribution in [2.75, 3.05) is 6.54 Å². The van der Waals surface area contributed by atoms with Crippen LogP contribution in [0.3, 0.4) is 0 Å². The number of aldehydes is 1. The van der Waals surface area contributed by atoms with Crippen molar-refractivity contribution in [3.05, 3.63) is 59.7 Å². The summed E-state index contributed by atoms with van der Waals surface area (Å²) in [5, 5.41) is 0. The van der Waals surface area contributed by atoms with Gasteiger partial charge in [0.2, 0.25) is 0 Å². The quantitative estimate of drug-likeness (QED) is 0.589. The molecule has 6 heteroatoms. The predicted molar refractivity (Wildman–Crippen MR) is 110 cm³/mol. The highest BCUT2D eigenvalue weighted by Gasteiger charge is 2.27. The van der Waals surface area contributed by atoms with Crippen molar-refractivity contribution >= 4 is 17.3 Å². The van der Waals surface area contributed by atoms with Gasteiger partial charge in [-0.1, -0.05) is 18.2 Å². The summed E-state index contributed by atoms with van der Waals surface area (Å²) in [6.07, 6.45) is 7.63. The summed E-state index contributed by atoms with van der Waals surface area (Å²) in [6.45, 7) is 1.59. The first kappa shape index (κ1) is 18.8. The van der Waals surface area contributed by atoms with Crippen LogP contribution in [0.2, 0.25) is 0 Å². The number of carbonyl (C=O) groups is 1. The minimum atomic E-state index is -0.384. The molecule has 0 fully saturated rings. The van der Waals surface area contributed by atoms with Crippen LogP contribution in [-0.2, 0) is 17.8 Å². The first-order valence-corrected chi connectivity index (χ1v) is 10.1. The zero-order valence-corrected chi connectivity index (χ0v) is 16.1. The van der Waals surface area contributed by atoms with Crippen molar-refractivity contribution in [3.63, 3.8) is 0 Å². The van der Waals surface area contributed by atoms with E-state index < -0.39 is 0 Å². The van der Waals surface area contributed by atoms with Gasteiger partial charge in [0.25, 0.3) is 0 Å². The maximum Gasteiger partial charge on any atom is 0.136 e. The highest BCUT2D eigenvalue weighted by molar-refractivity contribution is 5.74. The molecule has 0 saturated carbocycles. The number of pyridine rings is 1. The SMILES string of the molecule is N[C@H](C=O)CCCN(Cc1nc2ccccc2[nH]1)[C@@H]1CCCc2cccnc21. The number of carbonyl (C=O) groups excluding carboxylic acids is 1. The van der Waals surface area contributed by atoms with E-state index in [1.807, 2.05) is 30.5 Å². The van der Waals surface area contributed by atoms with Crippen LogP contribution in [0.25, 0.3) is 11.0 Å². The van der Waals surface area contributed by atoms with Crippen molar-refractivity contribution in [3.8, 4) is 0 Å². The molecule has 146 valence electrons. The number of fused-ring (bicyclic) bond motifs is 2. The van der Waals surface area contributed by atoms with Crippen LogP contribution in [0.4, 0.5) is 0 Å². The summed E-state index contributed by atoms with van der Waals surface area (Å²) in [6, 6.07) is 12.2. The van der Waals surface area contributed by atoms with Crippen LogP contribution in [0.15, 0.2) is 42.6 Å². The lowest BCUT2D eigenvalue weighted by Crippen LogP contribution is -2.34. The van der Waals surface area contributed by atoms with Crippen LogP contribution in [0, 0.1) is 0 Å². The van der Waals surface area contributed by atoms with Crippen LogP contribution in [-0.4, -0.2) is 38.7 Å². The fourth-order valence-electron chi connectivity index (χ4n) is 4.16. The lowest BCUT2D eigenvalue weighted by molar-refractivity contribution is -0.109. The van der Waals surface area contributed by atoms with Gasteiger partial charge in [-0.2, -0.15) is 0 Å². The Hall–Kier alpha value is -2.57. The fraction of sp³-hybridized carbons (Fsp3) is 0.409. The van der Waals surface area contributed by atoms with E-state index in [4.69, 9.17) is 15.7 Å². The molecule has 28 heavy (non-hydrogen) atoms. The Morgan fingerprint density at radius 3 is 3.04 bits per heavy atom. The molecular weight excluding hydrogens is 350 g/mol. The molecule has 4 rings (SSSR count). The Kier molecular flexibility index (Phi) is 5.78. The number of H-pyrrole nitrogens is 1. The summed E-state index contributed by atoms with van der Waals surface area (Å²) < 4.78 is 0. The average molecular weight is 377 g/mol. The molecule has 1 aliphatic carbocycles. The first-order valence-electron chi connectivity index (χ1n) is 10.1. The number of imidazole rings is 1. The van der Waals surface area contributed by atoms with Gasteiger partial charge < -0.3 is 15.5 Å². The Labute approximate surface area is 165 Å². The minimum absolute atomic E-state index is 0.269. The van der Waals surface area contributed by atoms with Gasteiger partial charge in [0.1, 0.15) is 12.1 Å². The molecule has 1 aromatic carbocycles. The lowest BCUT2D eigenvalue weighted by atomic mass is 9.90. The fourth-order valence-corrected chi connectivity index (χ4v) is 4.16. The number of aromatic amines is 1. The zero-order valence-electron chi connectivity index (χ0n) is 16.1. The lowest BCUT2D eigenvalue weighted by Gasteiger charge is -2.34. The predicted octanol–water partition coefficient (Wildman–Crippen LogP) is 3.14. The van der Waals surface area contributed by atoms with E-state index in [0.29, 0.717) is 6.42 Å². The molecule has 0 amide bonds. The maximum absolute atomic E-state index is 10.9. The van der Waals surface area contributed by atoms with E-state index in [1.54, 1.807) is 0 Å². The minimum Gasteiger partial charge on any atom is -0.341 e. The van der Waals surface area contributed by atoms with Crippen LogP contribution in [0.5, 0.6) is 0 Å². The third kappa shape index (κ3) is 4.13. The molecule has 2 aromatic heterocycles. The Morgan fingerprint density at radius 1 is 1.29 bits per heavy atom. The molecule has 0 saturated heterocycles. The number of hydrogen-bond acceptors (Lipinski definition) is 5. The molecule has 3 N–H and O–H groups in total. The number of hydrogen-bond donors (Lipinski definition) is 2. The number of nitrogens with one attached hydrogen (secondary N) is 1. The van der Waals surface area contributed by atoms with Gasteiger partial charge in [-0.15, -0.1) is 0 Å². The van der Waals surface area contributed by atoms with E-state index in [2.05, 4.69) is 22.0 Å². The van der Waals surface area contributed by atoms with Crippen molar-refractivity contribution in [1.29, 1.82) is 0 Å². The van der Waals surface area contributed by atoms with Crippen molar-refractivity contribution in [2.24, 2.45) is 5.73 Å². The van der Waals surface area contributed by atoms with E-state index in [1.165, 1.54) is 11.3 Å². The normalized spacial score (nSPS) is 17.6. The van der Waals surface area contributed by atoms with Gasteiger partial charge in [0.05, 0.1) is 35.4 Å². The highest BCUT2D eigenvalue weighted by atomic mass is 16.1. The number of para-hydroxylation sites is 2. The van der Waals surface area contributed by atoms with Crippen molar-refractivity contribution in [1.82, 2.24) is 19.9 Å². The molecule has 0 bridgehead atoms. The van der Waals surface area contributed by atoms with Crippen LogP contribution in [0.1, 0.15) is 48.8 Å². The number of nitrogens with two attached hydrogens (primary N) is 1. The molecule has 1 aliphatic rings. The third-order valence-electron chi connectivity index (χ3n) is 5.56. The average Bonchev–Trinajstić information content (AvgIpc) is 3.15. The van der Waals surface area contributed by atoms with E-state index in [-0.39, 0.29) is 12.1 Å². The summed E-state index contributed by atoms with van der Waals surface area (Å²) in [5.41, 5.74) is 10.4. The summed E-state index contributed by atoms with van der Waals surface area (Å²) >= 11 is 0. The molecule has 0 spiro atoms. The molecule has 3 aromatic rings. The van der Waals surface area contributed by atoms with Gasteiger partial charge >= 0.3 is 0 Å².